The van der Waals surface area contributed by atoms with Crippen LogP contribution in [0.2, 0.25) is 0 Å². The van der Waals surface area contributed by atoms with Gasteiger partial charge in [-0.05, 0) is 31.1 Å². The van der Waals surface area contributed by atoms with Gasteiger partial charge in [0.25, 0.3) is 0 Å². The predicted molar refractivity (Wildman–Crippen MR) is 60.3 cm³/mol. The summed E-state index contributed by atoms with van der Waals surface area (Å²) in [6.07, 6.45) is 5.68. The van der Waals surface area contributed by atoms with Crippen LogP contribution in [0, 0.1) is 5.41 Å². The summed E-state index contributed by atoms with van der Waals surface area (Å²) in [5, 5.41) is 4.63. The summed E-state index contributed by atoms with van der Waals surface area (Å²) < 4.78 is 0. The van der Waals surface area contributed by atoms with Crippen molar-refractivity contribution in [2.75, 3.05) is 12.3 Å². The first-order valence-corrected chi connectivity index (χ1v) is 6.64. The van der Waals surface area contributed by atoms with Crippen molar-refractivity contribution in [1.29, 1.82) is 0 Å². The van der Waals surface area contributed by atoms with Crippen molar-refractivity contribution in [2.24, 2.45) is 5.41 Å². The minimum atomic E-state index is 0.719. The van der Waals surface area contributed by atoms with E-state index in [9.17, 15) is 0 Å². The van der Waals surface area contributed by atoms with Gasteiger partial charge in [0.15, 0.2) is 0 Å². The Balaban J connectivity index is 1.68. The fraction of sp³-hybridized carbons (Fsp3) is 1.00. The number of nitrogens with one attached hydrogen (secondary N) is 1. The second-order valence-corrected chi connectivity index (χ2v) is 6.28. The zero-order valence-electron chi connectivity index (χ0n) is 8.81. The molecular formula is C11H21NS. The molecule has 2 rings (SSSR count). The number of rotatable bonds is 4. The van der Waals surface area contributed by atoms with Gasteiger partial charge in [-0.1, -0.05) is 13.8 Å². The van der Waals surface area contributed by atoms with Crippen LogP contribution in [0.1, 0.15) is 39.5 Å². The molecule has 1 aliphatic heterocycles. The van der Waals surface area contributed by atoms with Crippen LogP contribution in [0.3, 0.4) is 0 Å². The van der Waals surface area contributed by atoms with Gasteiger partial charge in [0.1, 0.15) is 0 Å². The van der Waals surface area contributed by atoms with Crippen LogP contribution in [0.5, 0.6) is 0 Å². The highest BCUT2D eigenvalue weighted by Crippen LogP contribution is 2.48. The maximum Gasteiger partial charge on any atom is 0.0168 e. The maximum absolute atomic E-state index is 3.74. The molecule has 1 aliphatic carbocycles. The second-order valence-electron chi connectivity index (χ2n) is 4.81. The van der Waals surface area contributed by atoms with Gasteiger partial charge in [-0.2, -0.15) is 11.8 Å². The third-order valence-electron chi connectivity index (χ3n) is 3.67. The summed E-state index contributed by atoms with van der Waals surface area (Å²) in [5.74, 6) is 1.33. The van der Waals surface area contributed by atoms with E-state index < -0.39 is 0 Å². The van der Waals surface area contributed by atoms with Crippen molar-refractivity contribution in [3.63, 3.8) is 0 Å². The maximum atomic E-state index is 3.74. The van der Waals surface area contributed by atoms with Gasteiger partial charge in [0.05, 0.1) is 0 Å². The van der Waals surface area contributed by atoms with Gasteiger partial charge in [-0.15, -0.1) is 0 Å². The van der Waals surface area contributed by atoms with E-state index in [-0.39, 0.29) is 0 Å². The van der Waals surface area contributed by atoms with Gasteiger partial charge in [0, 0.05) is 23.6 Å². The first kappa shape index (κ1) is 9.85. The fourth-order valence-electron chi connectivity index (χ4n) is 2.15. The average molecular weight is 199 g/mol. The van der Waals surface area contributed by atoms with E-state index in [4.69, 9.17) is 0 Å². The largest absolute Gasteiger partial charge is 0.313 e. The Morgan fingerprint density at radius 3 is 2.69 bits per heavy atom. The number of thioether (sulfide) groups is 1. The third-order valence-corrected chi connectivity index (χ3v) is 5.03. The normalized spacial score (nSPS) is 36.5. The summed E-state index contributed by atoms with van der Waals surface area (Å²) in [6.45, 7) is 5.96. The molecule has 0 aromatic rings. The molecule has 0 aromatic carbocycles. The Labute approximate surface area is 86.0 Å². The van der Waals surface area contributed by atoms with Crippen LogP contribution in [-0.4, -0.2) is 23.6 Å². The van der Waals surface area contributed by atoms with Crippen LogP contribution >= 0.6 is 11.8 Å². The van der Waals surface area contributed by atoms with Crippen LogP contribution < -0.4 is 5.32 Å². The monoisotopic (exact) mass is 199 g/mol. The lowest BCUT2D eigenvalue weighted by atomic mass is 10.0. The minimum Gasteiger partial charge on any atom is -0.313 e. The van der Waals surface area contributed by atoms with E-state index in [2.05, 4.69) is 30.9 Å². The molecule has 2 heteroatoms. The molecule has 2 fully saturated rings. The first-order valence-electron chi connectivity index (χ1n) is 5.59. The molecule has 0 spiro atoms. The molecule has 1 saturated carbocycles. The second kappa shape index (κ2) is 3.82. The summed E-state index contributed by atoms with van der Waals surface area (Å²) in [7, 11) is 0. The molecule has 76 valence electrons. The van der Waals surface area contributed by atoms with Crippen LogP contribution in [0.15, 0.2) is 0 Å². The Hall–Kier alpha value is 0.310. The molecule has 1 saturated heterocycles. The van der Waals surface area contributed by atoms with E-state index in [1.165, 1.54) is 38.0 Å². The first-order chi connectivity index (χ1) is 6.24. The molecule has 2 unspecified atom stereocenters. The lowest BCUT2D eigenvalue weighted by molar-refractivity contribution is 0.408. The summed E-state index contributed by atoms with van der Waals surface area (Å²) in [5.41, 5.74) is 0.719. The molecule has 0 radical (unpaired) electrons. The van der Waals surface area contributed by atoms with Crippen molar-refractivity contribution in [3.05, 3.63) is 0 Å². The van der Waals surface area contributed by atoms with Crippen molar-refractivity contribution in [1.82, 2.24) is 5.32 Å². The van der Waals surface area contributed by atoms with E-state index in [0.717, 1.165) is 16.7 Å². The molecular weight excluding hydrogens is 178 g/mol. The summed E-state index contributed by atoms with van der Waals surface area (Å²) in [6, 6.07) is 0.809. The highest BCUT2D eigenvalue weighted by molar-refractivity contribution is 8.00. The smallest absolute Gasteiger partial charge is 0.0168 e. The minimum absolute atomic E-state index is 0.719. The fourth-order valence-corrected chi connectivity index (χ4v) is 3.34. The van der Waals surface area contributed by atoms with Crippen molar-refractivity contribution < 1.29 is 0 Å². The van der Waals surface area contributed by atoms with Gasteiger partial charge < -0.3 is 5.32 Å². The molecule has 2 atom stereocenters. The standard InChI is InChI=1S/C11H21NS/c1-3-11(4-5-11)8-12-10-6-9(2)13-7-10/h9-10,12H,3-8H2,1-2H3. The molecule has 2 aliphatic rings. The van der Waals surface area contributed by atoms with Gasteiger partial charge in [-0.3, -0.25) is 0 Å². The van der Waals surface area contributed by atoms with Crippen molar-refractivity contribution in [2.45, 2.75) is 50.8 Å². The number of hydrogen-bond donors (Lipinski definition) is 1. The SMILES string of the molecule is CCC1(CNC2CSC(C)C2)CC1. The summed E-state index contributed by atoms with van der Waals surface area (Å²) >= 11 is 2.12. The molecule has 0 aromatic heterocycles. The van der Waals surface area contributed by atoms with Crippen molar-refractivity contribution >= 4 is 11.8 Å². The Morgan fingerprint density at radius 2 is 2.23 bits per heavy atom. The van der Waals surface area contributed by atoms with Gasteiger partial charge in [0.2, 0.25) is 0 Å². The topological polar surface area (TPSA) is 12.0 Å². The Kier molecular flexibility index (Phi) is 2.89. The van der Waals surface area contributed by atoms with Crippen LogP contribution in [-0.2, 0) is 0 Å². The van der Waals surface area contributed by atoms with E-state index in [1.807, 2.05) is 0 Å². The average Bonchev–Trinajstić information content (AvgIpc) is 2.81. The Morgan fingerprint density at radius 1 is 1.46 bits per heavy atom. The zero-order valence-corrected chi connectivity index (χ0v) is 9.62. The lowest BCUT2D eigenvalue weighted by Gasteiger charge is -2.17. The van der Waals surface area contributed by atoms with Crippen LogP contribution in [0.25, 0.3) is 0 Å². The van der Waals surface area contributed by atoms with Gasteiger partial charge in [-0.25, -0.2) is 0 Å². The lowest BCUT2D eigenvalue weighted by Crippen LogP contribution is -2.34. The van der Waals surface area contributed by atoms with Crippen molar-refractivity contribution in [3.8, 4) is 0 Å². The van der Waals surface area contributed by atoms with E-state index in [1.54, 1.807) is 0 Å². The van der Waals surface area contributed by atoms with Gasteiger partial charge >= 0.3 is 0 Å². The zero-order chi connectivity index (χ0) is 9.31. The van der Waals surface area contributed by atoms with Crippen LogP contribution in [0.4, 0.5) is 0 Å². The molecule has 0 amide bonds. The third kappa shape index (κ3) is 2.41. The highest BCUT2D eigenvalue weighted by Gasteiger charge is 2.40. The number of hydrogen-bond acceptors (Lipinski definition) is 2. The summed E-state index contributed by atoms with van der Waals surface area (Å²) in [4.78, 5) is 0. The predicted octanol–water partition coefficient (Wildman–Crippen LogP) is 2.66. The molecule has 1 heterocycles. The van der Waals surface area contributed by atoms with E-state index in [0.29, 0.717) is 0 Å². The molecule has 13 heavy (non-hydrogen) atoms. The molecule has 1 N–H and O–H groups in total. The molecule has 1 nitrogen and oxygen atoms in total. The Bertz CT molecular complexity index is 177. The molecule has 0 bridgehead atoms. The quantitative estimate of drug-likeness (QED) is 0.747. The highest BCUT2D eigenvalue weighted by atomic mass is 32.2. The van der Waals surface area contributed by atoms with E-state index >= 15 is 0 Å².